The summed E-state index contributed by atoms with van der Waals surface area (Å²) >= 11 is 0. The molecule has 0 radical (unpaired) electrons. The van der Waals surface area contributed by atoms with Crippen molar-refractivity contribution < 1.29 is 24.2 Å². The van der Waals surface area contributed by atoms with Crippen LogP contribution in [0.1, 0.15) is 18.4 Å². The van der Waals surface area contributed by atoms with Gasteiger partial charge in [-0.05, 0) is 30.5 Å². The lowest BCUT2D eigenvalue weighted by atomic mass is 10.1. The van der Waals surface area contributed by atoms with Gasteiger partial charge in [-0.2, -0.15) is 0 Å². The highest BCUT2D eigenvalue weighted by Gasteiger charge is 2.36. The summed E-state index contributed by atoms with van der Waals surface area (Å²) in [4.78, 5) is 38.4. The molecule has 1 fully saturated rings. The second kappa shape index (κ2) is 9.73. The molecule has 1 aliphatic rings. The molecule has 2 aromatic carbocycles. The number of nitrogens with zero attached hydrogens (tertiary/aromatic N) is 1. The molecular formula is C22H24N2O5. The monoisotopic (exact) mass is 396 g/mol. The van der Waals surface area contributed by atoms with Gasteiger partial charge in [0, 0.05) is 13.0 Å². The number of para-hydroxylation sites is 1. The number of carbonyl (C=O) groups excluding carboxylic acids is 2. The Morgan fingerprint density at radius 3 is 2.38 bits per heavy atom. The number of amides is 2. The first-order valence-electron chi connectivity index (χ1n) is 9.59. The molecule has 29 heavy (non-hydrogen) atoms. The molecule has 3 rings (SSSR count). The summed E-state index contributed by atoms with van der Waals surface area (Å²) in [5.74, 6) is -1.26. The van der Waals surface area contributed by atoms with Gasteiger partial charge in [0.2, 0.25) is 5.91 Å². The highest BCUT2D eigenvalue weighted by atomic mass is 16.5. The maximum Gasteiger partial charge on any atom is 0.326 e. The third-order valence-electron chi connectivity index (χ3n) is 4.88. The maximum absolute atomic E-state index is 12.7. The van der Waals surface area contributed by atoms with Crippen molar-refractivity contribution in [3.8, 4) is 5.75 Å². The minimum atomic E-state index is -1.11. The second-order valence-corrected chi connectivity index (χ2v) is 6.94. The number of ether oxygens (including phenoxy) is 1. The third-order valence-corrected chi connectivity index (χ3v) is 4.88. The van der Waals surface area contributed by atoms with Crippen LogP contribution in [0.25, 0.3) is 0 Å². The Kier molecular flexibility index (Phi) is 6.84. The average Bonchev–Trinajstić information content (AvgIpc) is 3.23. The Labute approximate surface area is 169 Å². The standard InChI is InChI=1S/C22H24N2O5/c25-20(15-29-17-10-5-2-6-11-17)24-13-7-12-19(24)21(26)23-18(22(27)28)14-16-8-3-1-4-9-16/h1-6,8-11,18-19H,7,12-15H2,(H,23,26)(H,27,28)/t18-,19-/m0/s1. The van der Waals surface area contributed by atoms with E-state index in [0.717, 1.165) is 5.56 Å². The predicted molar refractivity (Wildman–Crippen MR) is 106 cm³/mol. The van der Waals surface area contributed by atoms with Crippen molar-refractivity contribution in [1.82, 2.24) is 10.2 Å². The molecule has 7 nitrogen and oxygen atoms in total. The normalized spacial score (nSPS) is 16.8. The minimum Gasteiger partial charge on any atom is -0.484 e. The van der Waals surface area contributed by atoms with Gasteiger partial charge in [-0.15, -0.1) is 0 Å². The lowest BCUT2D eigenvalue weighted by Gasteiger charge is -2.25. The topological polar surface area (TPSA) is 95.9 Å². The smallest absolute Gasteiger partial charge is 0.326 e. The molecule has 7 heteroatoms. The highest BCUT2D eigenvalue weighted by Crippen LogP contribution is 2.19. The molecule has 1 saturated heterocycles. The molecule has 1 heterocycles. The summed E-state index contributed by atoms with van der Waals surface area (Å²) in [6.45, 7) is 0.283. The van der Waals surface area contributed by atoms with Crippen molar-refractivity contribution in [3.05, 3.63) is 66.2 Å². The quantitative estimate of drug-likeness (QED) is 0.710. The zero-order valence-electron chi connectivity index (χ0n) is 16.0. The fourth-order valence-electron chi connectivity index (χ4n) is 3.40. The first kappa shape index (κ1) is 20.4. The van der Waals surface area contributed by atoms with Crippen molar-refractivity contribution in [3.63, 3.8) is 0 Å². The van der Waals surface area contributed by atoms with E-state index in [1.54, 1.807) is 12.1 Å². The Morgan fingerprint density at radius 1 is 1.07 bits per heavy atom. The Balaban J connectivity index is 1.59. The third kappa shape index (κ3) is 5.57. The molecule has 0 saturated carbocycles. The summed E-state index contributed by atoms with van der Waals surface area (Å²) in [7, 11) is 0. The van der Waals surface area contributed by atoms with Crippen LogP contribution in [0.15, 0.2) is 60.7 Å². The molecule has 2 atom stereocenters. The number of carboxylic acids is 1. The Bertz CT molecular complexity index is 841. The first-order valence-corrected chi connectivity index (χ1v) is 9.59. The fraction of sp³-hybridized carbons (Fsp3) is 0.318. The molecule has 0 unspecified atom stereocenters. The van der Waals surface area contributed by atoms with E-state index >= 15 is 0 Å². The zero-order valence-corrected chi connectivity index (χ0v) is 16.0. The number of hydrogen-bond acceptors (Lipinski definition) is 4. The van der Waals surface area contributed by atoms with Crippen molar-refractivity contribution in [2.45, 2.75) is 31.3 Å². The van der Waals surface area contributed by atoms with Crippen LogP contribution in [0.4, 0.5) is 0 Å². The fourth-order valence-corrected chi connectivity index (χ4v) is 3.40. The molecule has 2 aromatic rings. The first-order chi connectivity index (χ1) is 14.0. The summed E-state index contributed by atoms with van der Waals surface area (Å²) < 4.78 is 5.49. The summed E-state index contributed by atoms with van der Waals surface area (Å²) in [6, 6.07) is 16.4. The van der Waals surface area contributed by atoms with Gasteiger partial charge >= 0.3 is 5.97 Å². The van der Waals surface area contributed by atoms with Crippen LogP contribution in [0.2, 0.25) is 0 Å². The van der Waals surface area contributed by atoms with Gasteiger partial charge in [-0.3, -0.25) is 9.59 Å². The van der Waals surface area contributed by atoms with Gasteiger partial charge in [0.25, 0.3) is 5.91 Å². The number of carboxylic acid groups (broad SMARTS) is 1. The van der Waals surface area contributed by atoms with Crippen LogP contribution in [-0.2, 0) is 20.8 Å². The van der Waals surface area contributed by atoms with E-state index in [1.807, 2.05) is 48.5 Å². The lowest BCUT2D eigenvalue weighted by Crippen LogP contribution is -2.52. The van der Waals surface area contributed by atoms with Crippen LogP contribution in [0, 0.1) is 0 Å². The van der Waals surface area contributed by atoms with E-state index in [0.29, 0.717) is 25.1 Å². The second-order valence-electron chi connectivity index (χ2n) is 6.94. The lowest BCUT2D eigenvalue weighted by molar-refractivity contribution is -0.144. The van der Waals surface area contributed by atoms with Gasteiger partial charge < -0.3 is 20.1 Å². The number of hydrogen-bond donors (Lipinski definition) is 2. The summed E-state index contributed by atoms with van der Waals surface area (Å²) in [5.41, 5.74) is 0.816. The Morgan fingerprint density at radius 2 is 1.72 bits per heavy atom. The molecule has 1 aliphatic heterocycles. The van der Waals surface area contributed by atoms with Crippen LogP contribution in [0.5, 0.6) is 5.75 Å². The molecule has 0 aromatic heterocycles. The van der Waals surface area contributed by atoms with Crippen LogP contribution >= 0.6 is 0 Å². The van der Waals surface area contributed by atoms with E-state index in [9.17, 15) is 19.5 Å². The minimum absolute atomic E-state index is 0.167. The van der Waals surface area contributed by atoms with Gasteiger partial charge in [0.1, 0.15) is 17.8 Å². The number of aliphatic carboxylic acids is 1. The van der Waals surface area contributed by atoms with E-state index < -0.39 is 24.0 Å². The van der Waals surface area contributed by atoms with Crippen LogP contribution < -0.4 is 10.1 Å². The summed E-state index contributed by atoms with van der Waals surface area (Å²) in [6.07, 6.45) is 1.37. The van der Waals surface area contributed by atoms with Gasteiger partial charge in [-0.1, -0.05) is 48.5 Å². The molecule has 0 bridgehead atoms. The number of likely N-dealkylation sites (tertiary alicyclic amines) is 1. The number of benzene rings is 2. The van der Waals surface area contributed by atoms with Crippen molar-refractivity contribution in [2.75, 3.05) is 13.2 Å². The van der Waals surface area contributed by atoms with E-state index in [4.69, 9.17) is 4.74 Å². The molecule has 2 amide bonds. The molecule has 0 spiro atoms. The van der Waals surface area contributed by atoms with Gasteiger partial charge in [0.05, 0.1) is 0 Å². The van der Waals surface area contributed by atoms with E-state index in [-0.39, 0.29) is 18.9 Å². The summed E-state index contributed by atoms with van der Waals surface area (Å²) in [5, 5.41) is 12.1. The van der Waals surface area contributed by atoms with Gasteiger partial charge in [-0.25, -0.2) is 4.79 Å². The maximum atomic E-state index is 12.7. The van der Waals surface area contributed by atoms with Crippen LogP contribution in [0.3, 0.4) is 0 Å². The highest BCUT2D eigenvalue weighted by molar-refractivity contribution is 5.91. The molecule has 152 valence electrons. The van der Waals surface area contributed by atoms with Crippen molar-refractivity contribution >= 4 is 17.8 Å². The van der Waals surface area contributed by atoms with Crippen molar-refractivity contribution in [1.29, 1.82) is 0 Å². The average molecular weight is 396 g/mol. The van der Waals surface area contributed by atoms with Gasteiger partial charge in [0.15, 0.2) is 6.61 Å². The molecular weight excluding hydrogens is 372 g/mol. The van der Waals surface area contributed by atoms with Crippen LogP contribution in [-0.4, -0.2) is 53.0 Å². The number of rotatable bonds is 8. The zero-order chi connectivity index (χ0) is 20.6. The van der Waals surface area contributed by atoms with Crippen molar-refractivity contribution in [2.24, 2.45) is 0 Å². The SMILES string of the molecule is O=C(O)[C@H](Cc1ccccc1)NC(=O)[C@@H]1CCCN1C(=O)COc1ccccc1. The molecule has 0 aliphatic carbocycles. The number of carbonyl (C=O) groups is 3. The molecule has 2 N–H and O–H groups in total. The van der Waals surface area contributed by atoms with E-state index in [1.165, 1.54) is 4.90 Å². The largest absolute Gasteiger partial charge is 0.484 e. The van der Waals surface area contributed by atoms with E-state index in [2.05, 4.69) is 5.32 Å². The predicted octanol–water partition coefficient (Wildman–Crippen LogP) is 1.87. The number of nitrogens with one attached hydrogen (secondary N) is 1. The Hall–Kier alpha value is -3.35.